The summed E-state index contributed by atoms with van der Waals surface area (Å²) >= 11 is 0. The third kappa shape index (κ3) is 3.74. The number of nitriles is 1. The monoisotopic (exact) mass is 424 g/mol. The van der Waals surface area contributed by atoms with E-state index in [-0.39, 0.29) is 24.6 Å². The highest BCUT2D eigenvalue weighted by Crippen LogP contribution is 2.49. The van der Waals surface area contributed by atoms with Crippen molar-refractivity contribution in [1.82, 2.24) is 9.88 Å². The van der Waals surface area contributed by atoms with Gasteiger partial charge >= 0.3 is 0 Å². The summed E-state index contributed by atoms with van der Waals surface area (Å²) in [5, 5.41) is 8.97. The number of likely N-dealkylation sites (tertiary alicyclic amines) is 1. The van der Waals surface area contributed by atoms with Crippen LogP contribution in [0.4, 0.5) is 14.6 Å². The standard InChI is InChI=1S/C23H22F2N4O2/c24-17-7-16(8-18(25)9-17)23(5-6-23)31-14-22(30)28-12-19-2-3-20(13-28)29(19)21-4-1-15(10-26)11-27-21/h1,4,7-9,11,19-20H,2-3,5-6,12-14H2. The van der Waals surface area contributed by atoms with Crippen LogP contribution in [-0.2, 0) is 15.1 Å². The summed E-state index contributed by atoms with van der Waals surface area (Å²) in [5.41, 5.74) is 0.218. The second-order valence-corrected chi connectivity index (χ2v) is 8.55. The Labute approximate surface area is 179 Å². The van der Waals surface area contributed by atoms with Crippen molar-refractivity contribution in [2.75, 3.05) is 24.6 Å². The summed E-state index contributed by atoms with van der Waals surface area (Å²) in [6.45, 7) is 1.07. The van der Waals surface area contributed by atoms with Crippen LogP contribution in [0.15, 0.2) is 36.5 Å². The lowest BCUT2D eigenvalue weighted by Crippen LogP contribution is -2.56. The number of fused-ring (bicyclic) bond motifs is 2. The summed E-state index contributed by atoms with van der Waals surface area (Å²) in [6, 6.07) is 9.45. The molecule has 8 heteroatoms. The molecule has 0 spiro atoms. The lowest BCUT2D eigenvalue weighted by Gasteiger charge is -2.41. The van der Waals surface area contributed by atoms with Crippen molar-refractivity contribution in [1.29, 1.82) is 5.26 Å². The first-order chi connectivity index (χ1) is 15.0. The van der Waals surface area contributed by atoms with E-state index in [0.717, 1.165) is 24.7 Å². The maximum atomic E-state index is 13.6. The molecule has 0 radical (unpaired) electrons. The van der Waals surface area contributed by atoms with Crippen molar-refractivity contribution >= 4 is 11.7 Å². The molecular weight excluding hydrogens is 402 g/mol. The van der Waals surface area contributed by atoms with E-state index >= 15 is 0 Å². The van der Waals surface area contributed by atoms with Gasteiger partial charge in [-0.15, -0.1) is 0 Å². The Morgan fingerprint density at radius 2 is 1.84 bits per heavy atom. The van der Waals surface area contributed by atoms with Crippen LogP contribution in [0.25, 0.3) is 0 Å². The van der Waals surface area contributed by atoms with Gasteiger partial charge in [-0.25, -0.2) is 13.8 Å². The van der Waals surface area contributed by atoms with Crippen LogP contribution in [-0.4, -0.2) is 47.6 Å². The van der Waals surface area contributed by atoms with Crippen molar-refractivity contribution in [2.45, 2.75) is 43.4 Å². The number of amides is 1. The molecule has 1 saturated carbocycles. The van der Waals surface area contributed by atoms with Crippen LogP contribution in [0.2, 0.25) is 0 Å². The zero-order chi connectivity index (χ0) is 21.6. The summed E-state index contributed by atoms with van der Waals surface area (Å²) < 4.78 is 33.1. The number of carbonyl (C=O) groups excluding carboxylic acids is 1. The number of ether oxygens (including phenoxy) is 1. The number of anilines is 1. The SMILES string of the molecule is N#Cc1ccc(N2C3CCC2CN(C(=O)COC2(c4cc(F)cc(F)c4)CC2)C3)nc1. The van der Waals surface area contributed by atoms with Gasteiger partial charge in [0.1, 0.15) is 30.1 Å². The molecule has 2 aliphatic heterocycles. The molecule has 3 heterocycles. The third-order valence-electron chi connectivity index (χ3n) is 6.54. The first kappa shape index (κ1) is 19.9. The Morgan fingerprint density at radius 3 is 2.39 bits per heavy atom. The molecule has 2 bridgehead atoms. The fourth-order valence-electron chi connectivity index (χ4n) is 4.82. The zero-order valence-electron chi connectivity index (χ0n) is 16.9. The van der Waals surface area contributed by atoms with Crippen LogP contribution < -0.4 is 4.90 Å². The number of hydrogen-bond acceptors (Lipinski definition) is 5. The Bertz CT molecular complexity index is 1010. The number of piperazine rings is 1. The summed E-state index contributed by atoms with van der Waals surface area (Å²) in [5.74, 6) is -0.548. The van der Waals surface area contributed by atoms with E-state index in [2.05, 4.69) is 16.0 Å². The van der Waals surface area contributed by atoms with Crippen LogP contribution in [0.1, 0.15) is 36.8 Å². The van der Waals surface area contributed by atoms with Gasteiger partial charge in [-0.1, -0.05) is 0 Å². The quantitative estimate of drug-likeness (QED) is 0.738. The Hall–Kier alpha value is -3.05. The Kier molecular flexibility index (Phi) is 4.86. The van der Waals surface area contributed by atoms with Gasteiger partial charge in [0.05, 0.1) is 11.2 Å². The molecular formula is C23H22F2N4O2. The molecule has 1 aromatic carbocycles. The molecule has 2 saturated heterocycles. The fraction of sp³-hybridized carbons (Fsp3) is 0.435. The van der Waals surface area contributed by atoms with Crippen molar-refractivity contribution in [2.24, 2.45) is 0 Å². The molecule has 5 rings (SSSR count). The number of carbonyl (C=O) groups is 1. The average Bonchev–Trinajstić information content (AvgIpc) is 3.51. The first-order valence-electron chi connectivity index (χ1n) is 10.5. The topological polar surface area (TPSA) is 69.5 Å². The maximum Gasteiger partial charge on any atom is 0.248 e. The predicted octanol–water partition coefficient (Wildman–Crippen LogP) is 3.12. The van der Waals surface area contributed by atoms with Gasteiger partial charge in [-0.05, 0) is 55.5 Å². The number of nitrogens with zero attached hydrogens (tertiary/aromatic N) is 4. The minimum absolute atomic E-state index is 0.104. The number of halogens is 2. The molecule has 1 amide bonds. The molecule has 160 valence electrons. The van der Waals surface area contributed by atoms with Crippen molar-refractivity contribution < 1.29 is 18.3 Å². The van der Waals surface area contributed by atoms with Gasteiger partial charge in [-0.3, -0.25) is 4.79 Å². The average molecular weight is 424 g/mol. The van der Waals surface area contributed by atoms with Crippen molar-refractivity contribution in [3.05, 3.63) is 59.3 Å². The van der Waals surface area contributed by atoms with Crippen LogP contribution >= 0.6 is 0 Å². The van der Waals surface area contributed by atoms with Crippen LogP contribution in [0.5, 0.6) is 0 Å². The maximum absolute atomic E-state index is 13.6. The summed E-state index contributed by atoms with van der Waals surface area (Å²) in [7, 11) is 0. The molecule has 2 unspecified atom stereocenters. The summed E-state index contributed by atoms with van der Waals surface area (Å²) in [6.07, 6.45) is 4.82. The molecule has 31 heavy (non-hydrogen) atoms. The van der Waals surface area contributed by atoms with Gasteiger partial charge < -0.3 is 14.5 Å². The Balaban J connectivity index is 1.22. The number of pyridine rings is 1. The minimum Gasteiger partial charge on any atom is -0.360 e. The van der Waals surface area contributed by atoms with Crippen LogP contribution in [0.3, 0.4) is 0 Å². The Morgan fingerprint density at radius 1 is 1.16 bits per heavy atom. The molecule has 3 fully saturated rings. The normalized spacial score (nSPS) is 23.5. The van der Waals surface area contributed by atoms with E-state index in [1.165, 1.54) is 12.1 Å². The van der Waals surface area contributed by atoms with Crippen molar-refractivity contribution in [3.63, 3.8) is 0 Å². The predicted molar refractivity (Wildman–Crippen MR) is 108 cm³/mol. The van der Waals surface area contributed by atoms with Gasteiger partial charge in [0, 0.05) is 37.4 Å². The van der Waals surface area contributed by atoms with E-state index in [4.69, 9.17) is 10.00 Å². The van der Waals surface area contributed by atoms with Crippen LogP contribution in [0, 0.1) is 23.0 Å². The van der Waals surface area contributed by atoms with E-state index in [1.54, 1.807) is 12.3 Å². The highest BCUT2D eigenvalue weighted by molar-refractivity contribution is 5.78. The third-order valence-corrected chi connectivity index (χ3v) is 6.54. The molecule has 2 atom stereocenters. The molecule has 6 nitrogen and oxygen atoms in total. The number of benzene rings is 1. The second-order valence-electron chi connectivity index (χ2n) is 8.55. The molecule has 1 aromatic heterocycles. The first-order valence-corrected chi connectivity index (χ1v) is 10.5. The van der Waals surface area contributed by atoms with E-state index in [9.17, 15) is 13.6 Å². The fourth-order valence-corrected chi connectivity index (χ4v) is 4.82. The molecule has 3 aliphatic rings. The van der Waals surface area contributed by atoms with Crippen molar-refractivity contribution in [3.8, 4) is 6.07 Å². The number of hydrogen-bond donors (Lipinski definition) is 0. The lowest BCUT2D eigenvalue weighted by atomic mass is 10.1. The van der Waals surface area contributed by atoms with Gasteiger partial charge in [-0.2, -0.15) is 5.26 Å². The molecule has 1 aliphatic carbocycles. The van der Waals surface area contributed by atoms with Gasteiger partial charge in [0.15, 0.2) is 0 Å². The number of aromatic nitrogens is 1. The van der Waals surface area contributed by atoms with E-state index < -0.39 is 17.2 Å². The minimum atomic E-state index is -0.758. The van der Waals surface area contributed by atoms with E-state index in [1.807, 2.05) is 11.0 Å². The van der Waals surface area contributed by atoms with Gasteiger partial charge in [0.25, 0.3) is 0 Å². The molecule has 0 N–H and O–H groups in total. The smallest absolute Gasteiger partial charge is 0.248 e. The zero-order valence-corrected chi connectivity index (χ0v) is 16.9. The molecule has 2 aromatic rings. The summed E-state index contributed by atoms with van der Waals surface area (Å²) in [4.78, 5) is 21.4. The lowest BCUT2D eigenvalue weighted by molar-refractivity contribution is -0.140. The highest BCUT2D eigenvalue weighted by atomic mass is 19.1. The van der Waals surface area contributed by atoms with Gasteiger partial charge in [0.2, 0.25) is 5.91 Å². The second kappa shape index (κ2) is 7.57. The van der Waals surface area contributed by atoms with E-state index in [0.29, 0.717) is 37.1 Å². The number of rotatable bonds is 5. The largest absolute Gasteiger partial charge is 0.360 e. The highest BCUT2D eigenvalue weighted by Gasteiger charge is 2.47.